The predicted molar refractivity (Wildman–Crippen MR) is 71.2 cm³/mol. The number of fused-ring (bicyclic) bond motifs is 2. The Balaban J connectivity index is 1.51. The molecule has 2 atom stereocenters. The molecule has 3 rings (SSSR count). The Kier molecular flexibility index (Phi) is 3.69. The van der Waals surface area contributed by atoms with Crippen LogP contribution in [0.4, 0.5) is 0 Å². The number of nitrogens with zero attached hydrogens (tertiary/aromatic N) is 2. The summed E-state index contributed by atoms with van der Waals surface area (Å²) in [7, 11) is 0. The van der Waals surface area contributed by atoms with Crippen LogP contribution >= 0.6 is 0 Å². The average molecular weight is 237 g/mol. The third kappa shape index (κ3) is 2.51. The van der Waals surface area contributed by atoms with Crippen molar-refractivity contribution in [2.24, 2.45) is 5.92 Å². The largest absolute Gasteiger partial charge is 0.314 e. The summed E-state index contributed by atoms with van der Waals surface area (Å²) in [4.78, 5) is 5.44. The van der Waals surface area contributed by atoms with Crippen LogP contribution in [0, 0.1) is 5.92 Å². The highest BCUT2D eigenvalue weighted by atomic mass is 15.3. The van der Waals surface area contributed by atoms with E-state index in [0.29, 0.717) is 0 Å². The van der Waals surface area contributed by atoms with Crippen molar-refractivity contribution in [1.29, 1.82) is 0 Å². The maximum Gasteiger partial charge on any atom is 0.0224 e. The van der Waals surface area contributed by atoms with Crippen LogP contribution in [-0.2, 0) is 0 Å². The maximum absolute atomic E-state index is 3.58. The third-order valence-electron chi connectivity index (χ3n) is 5.15. The lowest BCUT2D eigenvalue weighted by molar-refractivity contribution is 0.0978. The Morgan fingerprint density at radius 3 is 2.24 bits per heavy atom. The van der Waals surface area contributed by atoms with Gasteiger partial charge in [0.05, 0.1) is 0 Å². The van der Waals surface area contributed by atoms with Crippen molar-refractivity contribution >= 4 is 0 Å². The second kappa shape index (κ2) is 5.25. The molecule has 0 amide bonds. The zero-order valence-corrected chi connectivity index (χ0v) is 11.2. The molecule has 0 aromatic heterocycles. The van der Waals surface area contributed by atoms with Crippen LogP contribution in [0.1, 0.15) is 32.6 Å². The minimum Gasteiger partial charge on any atom is -0.314 e. The van der Waals surface area contributed by atoms with E-state index in [1.54, 1.807) is 0 Å². The third-order valence-corrected chi connectivity index (χ3v) is 5.15. The summed E-state index contributed by atoms with van der Waals surface area (Å²) < 4.78 is 0. The van der Waals surface area contributed by atoms with Gasteiger partial charge in [0.15, 0.2) is 0 Å². The van der Waals surface area contributed by atoms with Crippen molar-refractivity contribution in [3.63, 3.8) is 0 Å². The summed E-state index contributed by atoms with van der Waals surface area (Å²) >= 11 is 0. The normalized spacial score (nSPS) is 36.5. The molecule has 0 spiro atoms. The molecule has 2 bridgehead atoms. The van der Waals surface area contributed by atoms with Gasteiger partial charge in [0.2, 0.25) is 0 Å². The van der Waals surface area contributed by atoms with Gasteiger partial charge in [0, 0.05) is 31.7 Å². The monoisotopic (exact) mass is 237 g/mol. The summed E-state index contributed by atoms with van der Waals surface area (Å²) in [5.41, 5.74) is 0. The lowest BCUT2D eigenvalue weighted by Gasteiger charge is -2.40. The van der Waals surface area contributed by atoms with E-state index in [4.69, 9.17) is 0 Å². The number of rotatable bonds is 3. The number of piperidine rings is 1. The number of hydrogen-bond donors (Lipinski definition) is 1. The molecule has 3 aliphatic heterocycles. The van der Waals surface area contributed by atoms with Crippen LogP contribution in [0.25, 0.3) is 0 Å². The van der Waals surface area contributed by atoms with Gasteiger partial charge in [-0.2, -0.15) is 0 Å². The van der Waals surface area contributed by atoms with E-state index >= 15 is 0 Å². The Bertz CT molecular complexity index is 232. The molecule has 17 heavy (non-hydrogen) atoms. The van der Waals surface area contributed by atoms with Crippen molar-refractivity contribution < 1.29 is 0 Å². The maximum atomic E-state index is 3.58. The minimum absolute atomic E-state index is 0.859. The molecule has 98 valence electrons. The summed E-state index contributed by atoms with van der Waals surface area (Å²) in [5.74, 6) is 0.971. The first-order valence-corrected chi connectivity index (χ1v) is 7.55. The van der Waals surface area contributed by atoms with Crippen LogP contribution in [0.2, 0.25) is 0 Å². The highest BCUT2D eigenvalue weighted by Crippen LogP contribution is 2.29. The number of nitrogens with one attached hydrogen (secondary N) is 1. The van der Waals surface area contributed by atoms with Gasteiger partial charge in [-0.05, 0) is 51.2 Å². The van der Waals surface area contributed by atoms with E-state index in [1.807, 2.05) is 0 Å². The van der Waals surface area contributed by atoms with E-state index in [9.17, 15) is 0 Å². The molecule has 3 nitrogen and oxygen atoms in total. The highest BCUT2D eigenvalue weighted by molar-refractivity contribution is 4.95. The lowest BCUT2D eigenvalue weighted by Crippen LogP contribution is -2.53. The van der Waals surface area contributed by atoms with E-state index < -0.39 is 0 Å². The fraction of sp³-hybridized carbons (Fsp3) is 1.00. The molecule has 3 heterocycles. The molecular formula is C14H27N3. The number of hydrogen-bond acceptors (Lipinski definition) is 3. The molecule has 0 radical (unpaired) electrons. The predicted octanol–water partition coefficient (Wildman–Crippen LogP) is 1.15. The number of likely N-dealkylation sites (tertiary alicyclic amines) is 1. The van der Waals surface area contributed by atoms with Gasteiger partial charge in [-0.1, -0.05) is 6.92 Å². The van der Waals surface area contributed by atoms with Gasteiger partial charge < -0.3 is 10.2 Å². The van der Waals surface area contributed by atoms with E-state index in [1.165, 1.54) is 65.0 Å². The zero-order chi connectivity index (χ0) is 11.7. The molecule has 0 saturated carbocycles. The van der Waals surface area contributed by atoms with Crippen LogP contribution in [0.3, 0.4) is 0 Å². The average Bonchev–Trinajstić information content (AvgIpc) is 2.62. The Morgan fingerprint density at radius 1 is 1.00 bits per heavy atom. The van der Waals surface area contributed by atoms with Gasteiger partial charge in [0.1, 0.15) is 0 Å². The zero-order valence-electron chi connectivity index (χ0n) is 11.2. The molecule has 0 aromatic rings. The first kappa shape index (κ1) is 11.9. The topological polar surface area (TPSA) is 18.5 Å². The summed E-state index contributed by atoms with van der Waals surface area (Å²) in [6.07, 6.45) is 5.73. The molecular weight excluding hydrogens is 210 g/mol. The fourth-order valence-corrected chi connectivity index (χ4v) is 3.95. The first-order valence-electron chi connectivity index (χ1n) is 7.55. The quantitative estimate of drug-likeness (QED) is 0.794. The second-order valence-corrected chi connectivity index (χ2v) is 6.12. The summed E-state index contributed by atoms with van der Waals surface area (Å²) in [5, 5.41) is 3.58. The first-order chi connectivity index (χ1) is 8.36. The lowest BCUT2D eigenvalue weighted by atomic mass is 9.95. The molecule has 0 aliphatic carbocycles. The molecule has 3 saturated heterocycles. The van der Waals surface area contributed by atoms with E-state index in [2.05, 4.69) is 22.0 Å². The van der Waals surface area contributed by atoms with Crippen molar-refractivity contribution in [3.8, 4) is 0 Å². The van der Waals surface area contributed by atoms with Gasteiger partial charge >= 0.3 is 0 Å². The van der Waals surface area contributed by atoms with Crippen LogP contribution in [0.5, 0.6) is 0 Å². The van der Waals surface area contributed by atoms with Gasteiger partial charge in [0.25, 0.3) is 0 Å². The fourth-order valence-electron chi connectivity index (χ4n) is 3.95. The molecule has 1 N–H and O–H groups in total. The standard InChI is InChI=1S/C14H27N3/c1-2-16-7-5-12(6-8-16)11-17-13-3-4-14(17)10-15-9-13/h12-15H,2-11H2,1H3. The number of piperazine rings is 1. The van der Waals surface area contributed by atoms with Gasteiger partial charge in [-0.25, -0.2) is 0 Å². The van der Waals surface area contributed by atoms with Crippen molar-refractivity contribution in [2.45, 2.75) is 44.7 Å². The van der Waals surface area contributed by atoms with Crippen LogP contribution in [0.15, 0.2) is 0 Å². The SMILES string of the molecule is CCN1CCC(CN2C3CCC2CNC3)CC1. The smallest absolute Gasteiger partial charge is 0.0224 e. The second-order valence-electron chi connectivity index (χ2n) is 6.12. The van der Waals surface area contributed by atoms with Crippen molar-refractivity contribution in [2.75, 3.05) is 39.3 Å². The molecule has 3 aliphatic rings. The minimum atomic E-state index is 0.859. The molecule has 3 fully saturated rings. The Labute approximate surface area is 106 Å². The van der Waals surface area contributed by atoms with Crippen molar-refractivity contribution in [1.82, 2.24) is 15.1 Å². The van der Waals surface area contributed by atoms with Crippen LogP contribution < -0.4 is 5.32 Å². The molecule has 0 aromatic carbocycles. The van der Waals surface area contributed by atoms with Gasteiger partial charge in [-0.15, -0.1) is 0 Å². The Morgan fingerprint density at radius 2 is 1.65 bits per heavy atom. The Hall–Kier alpha value is -0.120. The highest BCUT2D eigenvalue weighted by Gasteiger charge is 2.37. The molecule has 3 heteroatoms. The summed E-state index contributed by atoms with van der Waals surface area (Å²) in [6, 6.07) is 1.72. The molecule has 2 unspecified atom stereocenters. The van der Waals surface area contributed by atoms with Gasteiger partial charge in [-0.3, -0.25) is 4.90 Å². The van der Waals surface area contributed by atoms with E-state index in [0.717, 1.165) is 18.0 Å². The van der Waals surface area contributed by atoms with E-state index in [-0.39, 0.29) is 0 Å². The van der Waals surface area contributed by atoms with Crippen molar-refractivity contribution in [3.05, 3.63) is 0 Å². The van der Waals surface area contributed by atoms with Crippen LogP contribution in [-0.4, -0.2) is 61.2 Å². The summed E-state index contributed by atoms with van der Waals surface area (Å²) in [6.45, 7) is 10.1.